The number of hydrogen-bond acceptors (Lipinski definition) is 8. The Bertz CT molecular complexity index is 251. The minimum absolute atomic E-state index is 0.0776. The van der Waals surface area contributed by atoms with Crippen LogP contribution in [0.4, 0.5) is 0 Å². The second kappa shape index (κ2) is 10.8. The van der Waals surface area contributed by atoms with Crippen molar-refractivity contribution in [1.82, 2.24) is 9.96 Å². The van der Waals surface area contributed by atoms with E-state index in [4.69, 9.17) is 26.6 Å². The summed E-state index contributed by atoms with van der Waals surface area (Å²) in [7, 11) is 3.75. The van der Waals surface area contributed by atoms with Crippen molar-refractivity contribution in [3.63, 3.8) is 0 Å². The van der Waals surface area contributed by atoms with Crippen LogP contribution in [0.25, 0.3) is 0 Å². The minimum Gasteiger partial charge on any atom is -0.364 e. The third-order valence-corrected chi connectivity index (χ3v) is 7.82. The Morgan fingerprint density at radius 2 is 1.19 bits per heavy atom. The molecular formula is C11H30N2O6Si2. The topological polar surface area (TPSA) is 79.4 Å². The first-order valence-corrected chi connectivity index (χ1v) is 10.3. The van der Waals surface area contributed by atoms with Crippen LogP contribution in [0.15, 0.2) is 0 Å². The molecular weight excluding hydrogens is 312 g/mol. The van der Waals surface area contributed by atoms with Gasteiger partial charge in [0.25, 0.3) is 0 Å². The highest BCUT2D eigenvalue weighted by Crippen LogP contribution is 2.08. The Morgan fingerprint density at radius 3 is 1.52 bits per heavy atom. The third-order valence-electron chi connectivity index (χ3n) is 3.20. The monoisotopic (exact) mass is 342 g/mol. The molecule has 0 bridgehead atoms. The zero-order valence-corrected chi connectivity index (χ0v) is 16.1. The Balaban J connectivity index is 4.76. The predicted molar refractivity (Wildman–Crippen MR) is 83.4 cm³/mol. The highest BCUT2D eigenvalue weighted by Gasteiger charge is 2.43. The lowest BCUT2D eigenvalue weighted by Crippen LogP contribution is -2.65. The second-order valence-corrected chi connectivity index (χ2v) is 9.66. The molecule has 0 aliphatic carbocycles. The van der Waals surface area contributed by atoms with E-state index in [1.54, 1.807) is 42.7 Å². The fraction of sp³-hybridized carbons (Fsp3) is 1.00. The van der Waals surface area contributed by atoms with E-state index in [0.29, 0.717) is 6.54 Å². The van der Waals surface area contributed by atoms with Crippen LogP contribution < -0.4 is 9.96 Å². The van der Waals surface area contributed by atoms with Gasteiger partial charge in [-0.15, -0.1) is 0 Å². The molecule has 0 aromatic heterocycles. The van der Waals surface area contributed by atoms with Crippen LogP contribution in [0, 0.1) is 0 Å². The van der Waals surface area contributed by atoms with E-state index in [2.05, 4.69) is 16.9 Å². The van der Waals surface area contributed by atoms with Gasteiger partial charge in [-0.25, -0.2) is 0 Å². The molecule has 0 saturated heterocycles. The van der Waals surface area contributed by atoms with Crippen LogP contribution in [-0.2, 0) is 26.6 Å². The largest absolute Gasteiger partial charge is 0.596 e. The molecule has 0 aliphatic heterocycles. The summed E-state index contributed by atoms with van der Waals surface area (Å²) in [6.45, 7) is 2.69. The maximum absolute atomic E-state index is 5.40. The summed E-state index contributed by atoms with van der Waals surface area (Å²) in [6, 6.07) is 0.0776. The van der Waals surface area contributed by atoms with E-state index < -0.39 is 17.9 Å². The van der Waals surface area contributed by atoms with Gasteiger partial charge in [0.15, 0.2) is 0 Å². The van der Waals surface area contributed by atoms with Crippen molar-refractivity contribution in [1.29, 1.82) is 0 Å². The summed E-state index contributed by atoms with van der Waals surface area (Å²) >= 11 is 0. The first kappa shape index (κ1) is 21.1. The van der Waals surface area contributed by atoms with Gasteiger partial charge in [0.2, 0.25) is 0 Å². The van der Waals surface area contributed by atoms with Crippen LogP contribution in [0.2, 0.25) is 0 Å². The molecule has 1 unspecified atom stereocenters. The lowest BCUT2D eigenvalue weighted by atomic mass is 10.2. The van der Waals surface area contributed by atoms with Crippen LogP contribution in [0.1, 0.15) is 19.8 Å². The number of hydrogen-bond donors (Lipinski definition) is 2. The first-order valence-electron chi connectivity index (χ1n) is 6.84. The predicted octanol–water partition coefficient (Wildman–Crippen LogP) is 0.0839. The maximum Gasteiger partial charge on any atom is 0.596 e. The smallest absolute Gasteiger partial charge is 0.364 e. The zero-order valence-electron chi connectivity index (χ0n) is 14.1. The first-order chi connectivity index (χ1) is 10.0. The number of rotatable bonds is 13. The fourth-order valence-corrected chi connectivity index (χ4v) is 4.99. The van der Waals surface area contributed by atoms with Crippen LogP contribution >= 0.6 is 0 Å². The lowest BCUT2D eigenvalue weighted by molar-refractivity contribution is 0.0978. The van der Waals surface area contributed by atoms with Gasteiger partial charge in [-0.05, 0) is 6.42 Å². The summed E-state index contributed by atoms with van der Waals surface area (Å²) in [4.78, 5) is 6.56. The van der Waals surface area contributed by atoms with E-state index in [1.807, 2.05) is 0 Å². The molecule has 21 heavy (non-hydrogen) atoms. The van der Waals surface area contributed by atoms with Crippen LogP contribution in [0.5, 0.6) is 0 Å². The molecule has 0 spiro atoms. The molecule has 0 rings (SSSR count). The van der Waals surface area contributed by atoms with Crippen molar-refractivity contribution in [3.05, 3.63) is 0 Å². The highest BCUT2D eigenvalue weighted by molar-refractivity contribution is 6.58. The van der Waals surface area contributed by atoms with Gasteiger partial charge in [0.05, 0.1) is 0 Å². The maximum atomic E-state index is 5.40. The summed E-state index contributed by atoms with van der Waals surface area (Å²) in [5, 5.41) is 0. The average Bonchev–Trinajstić information content (AvgIpc) is 2.54. The highest BCUT2D eigenvalue weighted by atomic mass is 28.4. The Morgan fingerprint density at radius 1 is 0.762 bits per heavy atom. The SMILES string of the molecule is CCCC(CN[Si](OC)(OC)OC)N[Si](OC)(OC)OC. The Kier molecular flexibility index (Phi) is 10.8. The van der Waals surface area contributed by atoms with Crippen molar-refractivity contribution in [2.75, 3.05) is 49.2 Å². The molecule has 0 saturated carbocycles. The molecule has 0 aromatic rings. The molecule has 0 heterocycles. The van der Waals surface area contributed by atoms with Gasteiger partial charge in [0.1, 0.15) is 0 Å². The van der Waals surface area contributed by atoms with E-state index >= 15 is 0 Å². The van der Waals surface area contributed by atoms with E-state index in [0.717, 1.165) is 12.8 Å². The normalized spacial score (nSPS) is 14.4. The zero-order chi connectivity index (χ0) is 16.4. The standard InChI is InChI=1S/C11H30N2O6Si2/c1-8-9-11(13-21(17-5,18-6)19-7)10-12-20(14-2,15-3)16-4/h11-13H,8-10H2,1-7H3. The molecule has 0 aliphatic rings. The molecule has 0 aromatic carbocycles. The Labute approximate surface area is 130 Å². The molecule has 1 atom stereocenters. The molecule has 0 radical (unpaired) electrons. The van der Waals surface area contributed by atoms with Crippen molar-refractivity contribution in [2.24, 2.45) is 0 Å². The Hall–Kier alpha value is 0.114. The van der Waals surface area contributed by atoms with Gasteiger partial charge >= 0.3 is 17.9 Å². The summed E-state index contributed by atoms with van der Waals surface area (Å²) < 4.78 is 32.2. The fourth-order valence-electron chi connectivity index (χ4n) is 1.97. The molecule has 0 amide bonds. The van der Waals surface area contributed by atoms with Gasteiger partial charge in [-0.1, -0.05) is 13.3 Å². The number of nitrogens with one attached hydrogen (secondary N) is 2. The average molecular weight is 343 g/mol. The van der Waals surface area contributed by atoms with Crippen molar-refractivity contribution >= 4 is 17.9 Å². The van der Waals surface area contributed by atoms with E-state index in [1.165, 1.54) is 0 Å². The molecule has 10 heteroatoms. The summed E-state index contributed by atoms with van der Waals surface area (Å²) in [5.41, 5.74) is 0. The van der Waals surface area contributed by atoms with Crippen LogP contribution in [-0.4, -0.2) is 73.2 Å². The van der Waals surface area contributed by atoms with Crippen LogP contribution in [0.3, 0.4) is 0 Å². The van der Waals surface area contributed by atoms with E-state index in [-0.39, 0.29) is 6.04 Å². The van der Waals surface area contributed by atoms with Gasteiger partial charge in [-0.3, -0.25) is 9.96 Å². The second-order valence-electron chi connectivity index (χ2n) is 4.35. The molecule has 2 N–H and O–H groups in total. The lowest BCUT2D eigenvalue weighted by Gasteiger charge is -2.32. The minimum atomic E-state index is -2.84. The summed E-state index contributed by atoms with van der Waals surface area (Å²) in [6.07, 6.45) is 1.92. The molecule has 8 nitrogen and oxygen atoms in total. The third kappa shape index (κ3) is 6.40. The molecule has 0 fully saturated rings. The van der Waals surface area contributed by atoms with Crippen molar-refractivity contribution in [3.8, 4) is 0 Å². The van der Waals surface area contributed by atoms with Crippen molar-refractivity contribution < 1.29 is 26.6 Å². The quantitative estimate of drug-likeness (QED) is 0.456. The molecule has 128 valence electrons. The van der Waals surface area contributed by atoms with Crippen molar-refractivity contribution in [2.45, 2.75) is 25.8 Å². The van der Waals surface area contributed by atoms with Gasteiger partial charge < -0.3 is 26.6 Å². The van der Waals surface area contributed by atoms with Gasteiger partial charge in [-0.2, -0.15) is 0 Å². The summed E-state index contributed by atoms with van der Waals surface area (Å²) in [5.74, 6) is 0. The van der Waals surface area contributed by atoms with E-state index in [9.17, 15) is 0 Å². The van der Waals surface area contributed by atoms with Gasteiger partial charge in [0, 0.05) is 55.2 Å².